The fourth-order valence-corrected chi connectivity index (χ4v) is 4.87. The zero-order valence-corrected chi connectivity index (χ0v) is 23.0. The summed E-state index contributed by atoms with van der Waals surface area (Å²) in [5.41, 5.74) is 11.2. The Kier molecular flexibility index (Phi) is 7.60. The molecule has 1 fully saturated rings. The molecule has 1 aliphatic heterocycles. The van der Waals surface area contributed by atoms with E-state index in [1.165, 1.54) is 0 Å². The van der Waals surface area contributed by atoms with Crippen molar-refractivity contribution >= 4 is 17.7 Å². The Morgan fingerprint density at radius 2 is 1.82 bits per heavy atom. The van der Waals surface area contributed by atoms with Crippen molar-refractivity contribution in [2.24, 2.45) is 0 Å². The lowest BCUT2D eigenvalue weighted by molar-refractivity contribution is 0.00694. The van der Waals surface area contributed by atoms with Gasteiger partial charge in [0.1, 0.15) is 18.0 Å². The highest BCUT2D eigenvalue weighted by Crippen LogP contribution is 2.34. The predicted octanol–water partition coefficient (Wildman–Crippen LogP) is 6.75. The Bertz CT molecular complexity index is 1510. The first kappa shape index (κ1) is 27.0. The first-order valence-corrected chi connectivity index (χ1v) is 13.4. The van der Waals surface area contributed by atoms with Gasteiger partial charge in [-0.15, -0.1) is 0 Å². The smallest absolute Gasteiger partial charge is 0.410 e. The van der Waals surface area contributed by atoms with Crippen LogP contribution in [0.2, 0.25) is 0 Å². The van der Waals surface area contributed by atoms with Crippen LogP contribution in [0.1, 0.15) is 61.4 Å². The van der Waals surface area contributed by atoms with Crippen LogP contribution in [0.15, 0.2) is 79.0 Å². The van der Waals surface area contributed by atoms with Crippen LogP contribution in [0.5, 0.6) is 0 Å². The summed E-state index contributed by atoms with van der Waals surface area (Å²) < 4.78 is 11.1. The number of carbonyl (C=O) groups is 2. The number of imidazole rings is 1. The molecule has 206 valence electrons. The van der Waals surface area contributed by atoms with E-state index in [1.807, 2.05) is 81.4 Å². The molecule has 1 amide bonds. The summed E-state index contributed by atoms with van der Waals surface area (Å²) >= 11 is 0. The van der Waals surface area contributed by atoms with Crippen molar-refractivity contribution < 1.29 is 19.1 Å². The minimum Gasteiger partial charge on any atom is -0.456 e. The van der Waals surface area contributed by atoms with Gasteiger partial charge in [-0.2, -0.15) is 0 Å². The minimum atomic E-state index is -0.575. The second-order valence-corrected chi connectivity index (χ2v) is 11.0. The van der Waals surface area contributed by atoms with Crippen molar-refractivity contribution in [3.63, 3.8) is 0 Å². The molecule has 2 heterocycles. The summed E-state index contributed by atoms with van der Waals surface area (Å²) in [5.74, 6) is 0.344. The van der Waals surface area contributed by atoms with Crippen molar-refractivity contribution in [2.45, 2.75) is 51.9 Å². The summed E-state index contributed by atoms with van der Waals surface area (Å²) in [6.07, 6.45) is 3.11. The van der Waals surface area contributed by atoms with Crippen molar-refractivity contribution in [1.82, 2.24) is 14.9 Å². The van der Waals surface area contributed by atoms with Crippen LogP contribution in [0, 0.1) is 0 Å². The number of nitrogens with zero attached hydrogens (tertiary/aromatic N) is 2. The van der Waals surface area contributed by atoms with E-state index in [9.17, 15) is 9.59 Å². The quantitative estimate of drug-likeness (QED) is 0.207. The van der Waals surface area contributed by atoms with Gasteiger partial charge in [0.15, 0.2) is 0 Å². The van der Waals surface area contributed by atoms with Crippen molar-refractivity contribution in [2.75, 3.05) is 12.3 Å². The Hall–Kier alpha value is -4.59. The summed E-state index contributed by atoms with van der Waals surface area (Å²) in [6.45, 7) is 6.38. The van der Waals surface area contributed by atoms with Gasteiger partial charge < -0.3 is 20.2 Å². The summed E-state index contributed by atoms with van der Waals surface area (Å²) in [4.78, 5) is 35.1. The van der Waals surface area contributed by atoms with Gasteiger partial charge >= 0.3 is 12.1 Å². The van der Waals surface area contributed by atoms with Gasteiger partial charge in [-0.25, -0.2) is 14.6 Å². The number of nitrogens with one attached hydrogen (secondary N) is 1. The van der Waals surface area contributed by atoms with Crippen LogP contribution in [-0.4, -0.2) is 39.1 Å². The topological polar surface area (TPSA) is 111 Å². The molecule has 0 radical (unpaired) electrons. The van der Waals surface area contributed by atoms with Gasteiger partial charge in [-0.3, -0.25) is 4.90 Å². The number of ether oxygens (including phenoxy) is 2. The lowest BCUT2D eigenvalue weighted by Crippen LogP contribution is -2.31. The number of nitrogen functional groups attached to an aromatic ring is 1. The Balaban J connectivity index is 1.30. The number of anilines is 1. The average Bonchev–Trinajstić information content (AvgIpc) is 3.62. The second kappa shape index (κ2) is 11.3. The van der Waals surface area contributed by atoms with Crippen LogP contribution in [0.25, 0.3) is 22.4 Å². The van der Waals surface area contributed by atoms with Crippen LogP contribution in [0.3, 0.4) is 0 Å². The van der Waals surface area contributed by atoms with Crippen LogP contribution in [-0.2, 0) is 16.1 Å². The number of hydrogen-bond donors (Lipinski definition) is 2. The Morgan fingerprint density at radius 3 is 2.58 bits per heavy atom. The molecule has 3 N–H and O–H groups in total. The van der Waals surface area contributed by atoms with Gasteiger partial charge in [0.25, 0.3) is 0 Å². The number of H-pyrrole nitrogens is 1. The summed E-state index contributed by atoms with van der Waals surface area (Å²) in [5, 5.41) is 0. The number of carbonyl (C=O) groups excluding carboxylic acids is 2. The van der Waals surface area contributed by atoms with E-state index >= 15 is 0 Å². The fourth-order valence-electron chi connectivity index (χ4n) is 4.87. The van der Waals surface area contributed by atoms with Crippen LogP contribution < -0.4 is 5.73 Å². The lowest BCUT2D eigenvalue weighted by atomic mass is 9.99. The third kappa shape index (κ3) is 6.17. The highest BCUT2D eigenvalue weighted by molar-refractivity contribution is 5.92. The molecule has 1 aromatic heterocycles. The van der Waals surface area contributed by atoms with Gasteiger partial charge in [0.05, 0.1) is 23.5 Å². The normalized spacial score (nSPS) is 15.2. The summed E-state index contributed by atoms with van der Waals surface area (Å²) in [6, 6.07) is 22.5. The third-order valence-corrected chi connectivity index (χ3v) is 6.77. The number of amides is 1. The maximum Gasteiger partial charge on any atom is 0.410 e. The zero-order valence-electron chi connectivity index (χ0n) is 23.0. The molecule has 40 heavy (non-hydrogen) atoms. The molecule has 4 aromatic rings. The van der Waals surface area contributed by atoms with E-state index in [1.54, 1.807) is 23.2 Å². The molecule has 0 spiro atoms. The van der Waals surface area contributed by atoms with E-state index in [-0.39, 0.29) is 24.7 Å². The Morgan fingerprint density at radius 1 is 1.02 bits per heavy atom. The Labute approximate surface area is 234 Å². The van der Waals surface area contributed by atoms with E-state index in [0.717, 1.165) is 46.6 Å². The van der Waals surface area contributed by atoms with Crippen LogP contribution >= 0.6 is 0 Å². The number of hydrogen-bond acceptors (Lipinski definition) is 6. The standard InChI is InChI=1S/C32H34N4O4/c1-32(2,3)40-30(37)24-12-7-11-22(17-24)25-15-14-23(18-26(25)33)27-19-34-29(35-27)28-13-8-16-36(28)31(38)39-20-21-9-5-4-6-10-21/h4-7,9-12,14-15,17-19,28H,8,13,16,20,33H2,1-3H3,(H,34,35). The van der Waals surface area contributed by atoms with E-state index < -0.39 is 5.60 Å². The van der Waals surface area contributed by atoms with Crippen LogP contribution in [0.4, 0.5) is 10.5 Å². The molecule has 1 aliphatic rings. The van der Waals surface area contributed by atoms with E-state index in [0.29, 0.717) is 17.8 Å². The molecule has 3 aromatic carbocycles. The highest BCUT2D eigenvalue weighted by atomic mass is 16.6. The molecule has 0 saturated carbocycles. The molecule has 8 nitrogen and oxygen atoms in total. The number of aromatic amines is 1. The molecule has 8 heteroatoms. The number of aromatic nitrogens is 2. The van der Waals surface area contributed by atoms with E-state index in [2.05, 4.69) is 9.97 Å². The predicted molar refractivity (Wildman–Crippen MR) is 154 cm³/mol. The zero-order chi connectivity index (χ0) is 28.3. The van der Waals surface area contributed by atoms with Gasteiger partial charge in [0.2, 0.25) is 0 Å². The third-order valence-electron chi connectivity index (χ3n) is 6.77. The molecule has 0 aliphatic carbocycles. The lowest BCUT2D eigenvalue weighted by Gasteiger charge is -2.22. The van der Waals surface area contributed by atoms with Gasteiger partial charge in [-0.1, -0.05) is 54.6 Å². The van der Waals surface area contributed by atoms with Gasteiger partial charge in [-0.05, 0) is 62.9 Å². The number of likely N-dealkylation sites (tertiary alicyclic amines) is 1. The maximum absolute atomic E-state index is 12.8. The van der Waals surface area contributed by atoms with Crippen molar-refractivity contribution in [1.29, 1.82) is 0 Å². The maximum atomic E-state index is 12.8. The number of nitrogens with two attached hydrogens (primary N) is 1. The average molecular weight is 539 g/mol. The molecular weight excluding hydrogens is 504 g/mol. The molecule has 5 rings (SSSR count). The van der Waals surface area contributed by atoms with E-state index in [4.69, 9.17) is 15.2 Å². The van der Waals surface area contributed by atoms with Crippen molar-refractivity contribution in [3.05, 3.63) is 95.9 Å². The highest BCUT2D eigenvalue weighted by Gasteiger charge is 2.33. The summed E-state index contributed by atoms with van der Waals surface area (Å²) in [7, 11) is 0. The molecule has 1 atom stereocenters. The van der Waals surface area contributed by atoms with Gasteiger partial charge in [0, 0.05) is 23.4 Å². The number of esters is 1. The number of benzene rings is 3. The molecule has 1 unspecified atom stereocenters. The fraction of sp³-hybridized carbons (Fsp3) is 0.281. The van der Waals surface area contributed by atoms with Crippen molar-refractivity contribution in [3.8, 4) is 22.4 Å². The first-order valence-electron chi connectivity index (χ1n) is 13.4. The monoisotopic (exact) mass is 538 g/mol. The number of rotatable bonds is 6. The minimum absolute atomic E-state index is 0.177. The molecule has 1 saturated heterocycles. The SMILES string of the molecule is CC(C)(C)OC(=O)c1cccc(-c2ccc(-c3cnc(C4CCCN4C(=O)OCc4ccccc4)[nH]3)cc2N)c1. The second-order valence-electron chi connectivity index (χ2n) is 11.0. The largest absolute Gasteiger partial charge is 0.456 e. The first-order chi connectivity index (χ1) is 19.2. The molecular formula is C32H34N4O4. The molecule has 0 bridgehead atoms.